The van der Waals surface area contributed by atoms with Crippen molar-refractivity contribution in [1.29, 1.82) is 0 Å². The predicted octanol–water partition coefficient (Wildman–Crippen LogP) is 5.39. The summed E-state index contributed by atoms with van der Waals surface area (Å²) in [6.07, 6.45) is 0. The van der Waals surface area contributed by atoms with E-state index in [2.05, 4.69) is 26.1 Å². The first-order chi connectivity index (χ1) is 15.3. The van der Waals surface area contributed by atoms with Crippen molar-refractivity contribution in [2.75, 3.05) is 17.3 Å². The van der Waals surface area contributed by atoms with Crippen LogP contribution in [0.25, 0.3) is 5.57 Å². The lowest BCUT2D eigenvalue weighted by Crippen LogP contribution is -2.32. The normalized spacial score (nSPS) is 14.2. The van der Waals surface area contributed by atoms with Crippen LogP contribution in [0, 0.1) is 0 Å². The Morgan fingerprint density at radius 1 is 0.781 bits per heavy atom. The molecular weight excluding hydrogens is 400 g/mol. The van der Waals surface area contributed by atoms with Gasteiger partial charge in [0.15, 0.2) is 0 Å². The van der Waals surface area contributed by atoms with E-state index in [9.17, 15) is 9.59 Å². The highest BCUT2D eigenvalue weighted by Gasteiger charge is 2.40. The van der Waals surface area contributed by atoms with E-state index in [4.69, 9.17) is 4.74 Å². The number of rotatable bonds is 5. The van der Waals surface area contributed by atoms with Crippen molar-refractivity contribution < 1.29 is 14.3 Å². The van der Waals surface area contributed by atoms with Crippen LogP contribution in [0.15, 0.2) is 84.6 Å². The Bertz CT molecular complexity index is 1170. The van der Waals surface area contributed by atoms with Gasteiger partial charge in [-0.2, -0.15) is 0 Å². The SMILES string of the molecule is COc1ccc(N2C(=O)C(Nc3ccc(C(C)(C)C)cc3)=C(c3ccccc3)C2=O)cc1. The zero-order chi connectivity index (χ0) is 22.9. The van der Waals surface area contributed by atoms with Gasteiger partial charge in [0.1, 0.15) is 11.4 Å². The first kappa shape index (κ1) is 21.4. The van der Waals surface area contributed by atoms with Gasteiger partial charge in [0.25, 0.3) is 11.8 Å². The first-order valence-electron chi connectivity index (χ1n) is 10.5. The molecule has 0 atom stereocenters. The molecule has 1 aliphatic heterocycles. The molecule has 0 radical (unpaired) electrons. The number of ether oxygens (including phenoxy) is 1. The summed E-state index contributed by atoms with van der Waals surface area (Å²) in [7, 11) is 1.57. The van der Waals surface area contributed by atoms with Crippen LogP contribution in [0.5, 0.6) is 5.75 Å². The molecule has 3 aromatic carbocycles. The van der Waals surface area contributed by atoms with Crippen LogP contribution in [-0.2, 0) is 15.0 Å². The monoisotopic (exact) mass is 426 g/mol. The zero-order valence-electron chi connectivity index (χ0n) is 18.7. The number of benzene rings is 3. The molecule has 1 N–H and O–H groups in total. The summed E-state index contributed by atoms with van der Waals surface area (Å²) in [6.45, 7) is 6.45. The minimum atomic E-state index is -0.390. The van der Waals surface area contributed by atoms with Crippen molar-refractivity contribution in [3.05, 3.63) is 95.7 Å². The molecule has 0 spiro atoms. The maximum absolute atomic E-state index is 13.4. The minimum Gasteiger partial charge on any atom is -0.497 e. The van der Waals surface area contributed by atoms with Gasteiger partial charge in [-0.15, -0.1) is 0 Å². The number of imide groups is 1. The number of carbonyl (C=O) groups is 2. The van der Waals surface area contributed by atoms with Gasteiger partial charge < -0.3 is 10.1 Å². The number of anilines is 2. The highest BCUT2D eigenvalue weighted by Crippen LogP contribution is 2.34. The summed E-state index contributed by atoms with van der Waals surface area (Å²) in [5.41, 5.74) is 3.77. The fourth-order valence-corrected chi connectivity index (χ4v) is 3.68. The van der Waals surface area contributed by atoms with E-state index < -0.39 is 0 Å². The van der Waals surface area contributed by atoms with Gasteiger partial charge in [-0.05, 0) is 52.9 Å². The number of methoxy groups -OCH3 is 1. The van der Waals surface area contributed by atoms with Crippen LogP contribution in [0.2, 0.25) is 0 Å². The van der Waals surface area contributed by atoms with E-state index in [-0.39, 0.29) is 22.9 Å². The molecule has 4 rings (SSSR count). The van der Waals surface area contributed by atoms with Crippen LogP contribution in [0.3, 0.4) is 0 Å². The third-order valence-corrected chi connectivity index (χ3v) is 5.50. The van der Waals surface area contributed by atoms with Gasteiger partial charge in [-0.25, -0.2) is 4.90 Å². The standard InChI is InChI=1S/C27H26N2O3/c1-27(2,3)19-10-12-20(13-11-19)28-24-23(18-8-6-5-7-9-18)25(30)29(26(24)31)21-14-16-22(32-4)17-15-21/h5-17,28H,1-4H3. The number of amides is 2. The predicted molar refractivity (Wildman–Crippen MR) is 128 cm³/mol. The minimum absolute atomic E-state index is 0.0251. The Hall–Kier alpha value is -3.86. The third kappa shape index (κ3) is 4.02. The highest BCUT2D eigenvalue weighted by atomic mass is 16.5. The number of nitrogens with one attached hydrogen (secondary N) is 1. The van der Waals surface area contributed by atoms with Crippen molar-refractivity contribution in [2.24, 2.45) is 0 Å². The molecule has 0 bridgehead atoms. The fraction of sp³-hybridized carbons (Fsp3) is 0.185. The topological polar surface area (TPSA) is 58.6 Å². The molecule has 0 saturated carbocycles. The quantitative estimate of drug-likeness (QED) is 0.556. The molecule has 0 unspecified atom stereocenters. The van der Waals surface area contributed by atoms with Crippen molar-refractivity contribution in [3.8, 4) is 5.75 Å². The first-order valence-corrected chi connectivity index (χ1v) is 10.5. The van der Waals surface area contributed by atoms with E-state index >= 15 is 0 Å². The van der Waals surface area contributed by atoms with Crippen molar-refractivity contribution in [3.63, 3.8) is 0 Å². The largest absolute Gasteiger partial charge is 0.497 e. The lowest BCUT2D eigenvalue weighted by Gasteiger charge is -2.19. The van der Waals surface area contributed by atoms with Gasteiger partial charge >= 0.3 is 0 Å². The molecule has 1 aliphatic rings. The molecule has 3 aromatic rings. The molecule has 5 nitrogen and oxygen atoms in total. The summed E-state index contributed by atoms with van der Waals surface area (Å²) in [6, 6.07) is 24.1. The van der Waals surface area contributed by atoms with E-state index in [1.165, 1.54) is 10.5 Å². The lowest BCUT2D eigenvalue weighted by atomic mass is 9.87. The second-order valence-corrected chi connectivity index (χ2v) is 8.71. The molecule has 1 heterocycles. The fourth-order valence-electron chi connectivity index (χ4n) is 3.68. The number of carbonyl (C=O) groups excluding carboxylic acids is 2. The lowest BCUT2D eigenvalue weighted by molar-refractivity contribution is -0.120. The average Bonchev–Trinajstić information content (AvgIpc) is 3.03. The summed E-state index contributed by atoms with van der Waals surface area (Å²) in [5.74, 6) is -0.0968. The molecule has 0 fully saturated rings. The van der Waals surface area contributed by atoms with Crippen LogP contribution in [0.4, 0.5) is 11.4 Å². The van der Waals surface area contributed by atoms with Gasteiger partial charge in [-0.1, -0.05) is 63.2 Å². The summed E-state index contributed by atoms with van der Waals surface area (Å²) < 4.78 is 5.20. The van der Waals surface area contributed by atoms with Crippen LogP contribution >= 0.6 is 0 Å². The zero-order valence-corrected chi connectivity index (χ0v) is 18.7. The van der Waals surface area contributed by atoms with Crippen molar-refractivity contribution in [1.82, 2.24) is 0 Å². The van der Waals surface area contributed by atoms with E-state index in [0.29, 0.717) is 22.6 Å². The Balaban J connectivity index is 1.74. The van der Waals surface area contributed by atoms with E-state index in [1.807, 2.05) is 54.6 Å². The van der Waals surface area contributed by atoms with E-state index in [1.54, 1.807) is 31.4 Å². The second-order valence-electron chi connectivity index (χ2n) is 8.71. The van der Waals surface area contributed by atoms with Crippen LogP contribution in [-0.4, -0.2) is 18.9 Å². The maximum Gasteiger partial charge on any atom is 0.282 e. The Morgan fingerprint density at radius 2 is 1.41 bits per heavy atom. The summed E-state index contributed by atoms with van der Waals surface area (Å²) in [4.78, 5) is 28.1. The molecular formula is C27H26N2O3. The number of nitrogens with zero attached hydrogens (tertiary/aromatic N) is 1. The molecule has 162 valence electrons. The molecule has 0 aromatic heterocycles. The van der Waals surface area contributed by atoms with Gasteiger partial charge in [0.2, 0.25) is 0 Å². The Labute approximate surface area is 188 Å². The highest BCUT2D eigenvalue weighted by molar-refractivity contribution is 6.46. The summed E-state index contributed by atoms with van der Waals surface area (Å²) in [5, 5.41) is 3.21. The molecule has 0 aliphatic carbocycles. The average molecular weight is 427 g/mol. The van der Waals surface area contributed by atoms with Gasteiger partial charge in [0.05, 0.1) is 18.4 Å². The maximum atomic E-state index is 13.4. The Kier molecular flexibility index (Phi) is 5.57. The van der Waals surface area contributed by atoms with Gasteiger partial charge in [-0.3, -0.25) is 9.59 Å². The number of hydrogen-bond acceptors (Lipinski definition) is 4. The molecule has 32 heavy (non-hydrogen) atoms. The summed E-state index contributed by atoms with van der Waals surface area (Å²) >= 11 is 0. The van der Waals surface area contributed by atoms with E-state index in [0.717, 1.165) is 5.69 Å². The molecule has 5 heteroatoms. The van der Waals surface area contributed by atoms with Crippen molar-refractivity contribution in [2.45, 2.75) is 26.2 Å². The smallest absolute Gasteiger partial charge is 0.282 e. The number of hydrogen-bond donors (Lipinski definition) is 1. The third-order valence-electron chi connectivity index (χ3n) is 5.50. The van der Waals surface area contributed by atoms with Crippen molar-refractivity contribution >= 4 is 28.8 Å². The van der Waals surface area contributed by atoms with Crippen LogP contribution < -0.4 is 15.0 Å². The molecule has 2 amide bonds. The Morgan fingerprint density at radius 3 is 1.97 bits per heavy atom. The van der Waals surface area contributed by atoms with Crippen LogP contribution in [0.1, 0.15) is 31.9 Å². The van der Waals surface area contributed by atoms with Gasteiger partial charge in [0, 0.05) is 5.69 Å². The second kappa shape index (κ2) is 8.35. The molecule has 0 saturated heterocycles.